The number of amidine groups is 1. The van der Waals surface area contributed by atoms with Crippen molar-refractivity contribution in [1.82, 2.24) is 39.5 Å². The number of nitrogens with zero attached hydrogens (tertiary/aromatic N) is 8. The van der Waals surface area contributed by atoms with Gasteiger partial charge >= 0.3 is 11.9 Å². The van der Waals surface area contributed by atoms with Gasteiger partial charge in [-0.3, -0.25) is 24.4 Å². The van der Waals surface area contributed by atoms with Gasteiger partial charge in [-0.1, -0.05) is 43.0 Å². The zero-order valence-electron chi connectivity index (χ0n) is 40.0. The van der Waals surface area contributed by atoms with Crippen LogP contribution in [0, 0.1) is 5.92 Å². The molecule has 2 atom stereocenters. The van der Waals surface area contributed by atoms with E-state index in [1.807, 2.05) is 59.9 Å². The molecule has 6 aliphatic rings. The number of ether oxygens (including phenoxy) is 2. The minimum absolute atomic E-state index is 0.0746. The molecule has 17 heteroatoms. The number of rotatable bonds is 12. The molecule has 1 aliphatic carbocycles. The van der Waals surface area contributed by atoms with E-state index >= 15 is 0 Å². The Balaban J connectivity index is 0.749. The molecule has 364 valence electrons. The van der Waals surface area contributed by atoms with Crippen LogP contribution in [0.4, 0.5) is 10.6 Å². The zero-order valence-corrected chi connectivity index (χ0v) is 40.7. The number of hydrogen-bond donors (Lipinski definition) is 3. The summed E-state index contributed by atoms with van der Waals surface area (Å²) < 4.78 is 12.6. The fourth-order valence-electron chi connectivity index (χ4n) is 11.3. The quantitative estimate of drug-likeness (QED) is 0.221. The molecule has 1 saturated carbocycles. The van der Waals surface area contributed by atoms with Crippen LogP contribution in [0.1, 0.15) is 109 Å². The maximum Gasteiger partial charge on any atom is 0.508 e. The van der Waals surface area contributed by atoms with E-state index in [1.54, 1.807) is 6.33 Å². The van der Waals surface area contributed by atoms with Crippen LogP contribution in [-0.2, 0) is 19.1 Å². The summed E-state index contributed by atoms with van der Waals surface area (Å²) in [6, 6.07) is 9.57. The predicted molar refractivity (Wildman–Crippen MR) is 259 cm³/mol. The molecule has 2 aromatic heterocycles. The van der Waals surface area contributed by atoms with Gasteiger partial charge < -0.3 is 34.9 Å². The van der Waals surface area contributed by atoms with Crippen molar-refractivity contribution in [1.29, 1.82) is 0 Å². The average Bonchev–Trinajstić information content (AvgIpc) is 3.64. The Morgan fingerprint density at radius 3 is 2.18 bits per heavy atom. The van der Waals surface area contributed by atoms with Crippen molar-refractivity contribution >= 4 is 52.2 Å². The third kappa shape index (κ3) is 11.2. The smallest absolute Gasteiger partial charge is 0.425 e. The first-order chi connectivity index (χ1) is 32.3. The fourth-order valence-corrected chi connectivity index (χ4v) is 11.5. The number of piperazine rings is 1. The van der Waals surface area contributed by atoms with Crippen LogP contribution >= 0.6 is 11.6 Å². The molecule has 0 bridgehead atoms. The number of nitrogens with two attached hydrogens (primary N) is 1. The van der Waals surface area contributed by atoms with E-state index < -0.39 is 11.1 Å². The molecule has 5 aliphatic heterocycles. The standard InChI is InChI=1S/C50H72ClN11O5/c1-49(2,3)67-48(65)62-47(50(62)19-27-60(28-20-50)45-40-13-21-53-44(40)54-34-55-45)56-41(35-9-11-37(51)12-10-35)18-24-57-29-31-59(32-30-57)42(63)33-58-22-14-38(15-23-58)66-39-16-25-61(26-17-39)46(64)43(52)36-7-5-4-6-8-36/h9-13,21,34,36,38-39,41,43H,4-8,14-20,22-33,52H2,1-3H3,(H,53,54,55)/p+1/t41-,43+,62?/m0/s1. The Bertz CT molecular complexity index is 2190. The van der Waals surface area contributed by atoms with Crippen molar-refractivity contribution in [3.05, 3.63) is 53.4 Å². The number of halogens is 1. The van der Waals surface area contributed by atoms with E-state index in [9.17, 15) is 14.4 Å². The van der Waals surface area contributed by atoms with Gasteiger partial charge in [-0.05, 0) is 89.0 Å². The summed E-state index contributed by atoms with van der Waals surface area (Å²) in [4.78, 5) is 69.6. The number of piperidine rings is 3. The van der Waals surface area contributed by atoms with E-state index in [0.29, 0.717) is 30.6 Å². The lowest BCUT2D eigenvalue weighted by Crippen LogP contribution is -2.74. The first-order valence-electron chi connectivity index (χ1n) is 25.2. The number of hydrogen-bond acceptors (Lipinski definition) is 11. The van der Waals surface area contributed by atoms with Crippen molar-refractivity contribution in [3.8, 4) is 0 Å². The first-order valence-corrected chi connectivity index (χ1v) is 25.6. The third-order valence-electron chi connectivity index (χ3n) is 15.4. The normalized spacial score (nSPS) is 23.3. The summed E-state index contributed by atoms with van der Waals surface area (Å²) in [5, 5.41) is 1.67. The number of H-pyrrole nitrogens is 1. The van der Waals surface area contributed by atoms with Crippen LogP contribution in [0.25, 0.3) is 11.0 Å². The average molecular weight is 944 g/mol. The Morgan fingerprint density at radius 1 is 0.836 bits per heavy atom. The Kier molecular flexibility index (Phi) is 14.7. The minimum Gasteiger partial charge on any atom is -0.425 e. The molecule has 7 heterocycles. The fraction of sp³-hybridized carbons (Fsp3) is 0.680. The van der Waals surface area contributed by atoms with Gasteiger partial charge in [-0.2, -0.15) is 4.79 Å². The maximum absolute atomic E-state index is 13.9. The molecule has 1 spiro atoms. The summed E-state index contributed by atoms with van der Waals surface area (Å²) in [7, 11) is 0. The number of benzene rings is 1. The van der Waals surface area contributed by atoms with Crippen LogP contribution in [0.5, 0.6) is 0 Å². The van der Waals surface area contributed by atoms with Gasteiger partial charge in [0.25, 0.3) is 0 Å². The highest BCUT2D eigenvalue weighted by Crippen LogP contribution is 2.45. The second kappa shape index (κ2) is 20.7. The second-order valence-electron chi connectivity index (χ2n) is 20.9. The number of anilines is 1. The second-order valence-corrected chi connectivity index (χ2v) is 21.4. The van der Waals surface area contributed by atoms with Gasteiger partial charge in [-0.25, -0.2) is 9.97 Å². The molecule has 3 aromatic rings. The first kappa shape index (κ1) is 47.7. The van der Waals surface area contributed by atoms with Crippen LogP contribution in [0.3, 0.4) is 0 Å². The molecule has 0 radical (unpaired) electrons. The lowest BCUT2D eigenvalue weighted by molar-refractivity contribution is -0.511. The number of carbonyl (C=O) groups excluding carboxylic acids is 3. The number of aromatic nitrogens is 3. The molecule has 0 unspecified atom stereocenters. The molecular formula is C50H73ClN11O5+. The number of aromatic amines is 1. The van der Waals surface area contributed by atoms with Gasteiger partial charge in [0, 0.05) is 102 Å². The molecule has 16 nitrogen and oxygen atoms in total. The monoisotopic (exact) mass is 943 g/mol. The molecule has 6 fully saturated rings. The maximum atomic E-state index is 13.9. The highest BCUT2D eigenvalue weighted by molar-refractivity contribution is 6.30. The van der Waals surface area contributed by atoms with Gasteiger partial charge in [0.1, 0.15) is 29.4 Å². The lowest BCUT2D eigenvalue weighted by Gasteiger charge is -2.39. The Hall–Kier alpha value is -4.35. The van der Waals surface area contributed by atoms with Gasteiger partial charge in [-0.15, -0.1) is 4.90 Å². The molecule has 4 N–H and O–H groups in total. The summed E-state index contributed by atoms with van der Waals surface area (Å²) in [5.74, 6) is 2.47. The summed E-state index contributed by atoms with van der Waals surface area (Å²) in [6.07, 6.45) is 15.2. The van der Waals surface area contributed by atoms with E-state index in [2.05, 4.69) is 46.8 Å². The number of likely N-dealkylation sites (tertiary alicyclic amines) is 2. The van der Waals surface area contributed by atoms with Crippen molar-refractivity contribution in [2.45, 2.75) is 133 Å². The molecule has 9 rings (SSSR count). The molecule has 67 heavy (non-hydrogen) atoms. The molecule has 1 aromatic carbocycles. The largest absolute Gasteiger partial charge is 0.508 e. The number of nitrogens with one attached hydrogen (secondary N) is 2. The van der Waals surface area contributed by atoms with E-state index in [-0.39, 0.29) is 42.2 Å². The Labute approximate surface area is 400 Å². The zero-order chi connectivity index (χ0) is 46.7. The lowest BCUT2D eigenvalue weighted by atomic mass is 9.83. The summed E-state index contributed by atoms with van der Waals surface area (Å²) in [6.45, 7) is 14.6. The van der Waals surface area contributed by atoms with Gasteiger partial charge in [0.2, 0.25) is 17.4 Å². The summed E-state index contributed by atoms with van der Waals surface area (Å²) >= 11 is 6.38. The molecule has 3 amide bonds. The number of amides is 3. The molecule has 5 saturated heterocycles. The number of carbonyl (C=O) groups is 3. The van der Waals surface area contributed by atoms with Crippen molar-refractivity contribution in [3.63, 3.8) is 0 Å². The highest BCUT2D eigenvalue weighted by Gasteiger charge is 2.74. The van der Waals surface area contributed by atoms with E-state index in [1.165, 1.54) is 19.3 Å². The van der Waals surface area contributed by atoms with Crippen molar-refractivity contribution in [2.24, 2.45) is 11.7 Å². The van der Waals surface area contributed by atoms with E-state index in [0.717, 1.165) is 145 Å². The van der Waals surface area contributed by atoms with Crippen LogP contribution in [0.15, 0.2) is 42.9 Å². The Morgan fingerprint density at radius 2 is 1.51 bits per heavy atom. The third-order valence-corrected chi connectivity index (χ3v) is 15.6. The van der Waals surface area contributed by atoms with Crippen molar-refractivity contribution < 1.29 is 28.8 Å². The predicted octanol–water partition coefficient (Wildman–Crippen LogP) is 4.34. The van der Waals surface area contributed by atoms with Crippen molar-refractivity contribution in [2.75, 3.05) is 83.4 Å². The van der Waals surface area contributed by atoms with Crippen LogP contribution in [0.2, 0.25) is 5.02 Å². The number of fused-ring (bicyclic) bond motifs is 1. The van der Waals surface area contributed by atoms with Gasteiger partial charge in [0.05, 0.1) is 30.2 Å². The van der Waals surface area contributed by atoms with E-state index in [4.69, 9.17) is 26.8 Å². The topological polar surface area (TPSA) is 170 Å². The molecular weight excluding hydrogens is 870 g/mol. The SMILES string of the molecule is CC(C)(C)OC(=O)N1C(=[NH+][C@@H](CCN2CCN(C(=O)CN3CCC(OC4CCN(C(=O)[C@H](N)C5CCCCC5)CC4)CC3)CC2)c2ccc(Cl)cc2)C12CCN(c1ncnc3[nH]ccc13)CC2. The van der Waals surface area contributed by atoms with Gasteiger partial charge in [0.15, 0.2) is 0 Å². The van der Waals surface area contributed by atoms with Crippen LogP contribution in [-0.4, -0.2) is 171 Å². The van der Waals surface area contributed by atoms with Crippen LogP contribution < -0.4 is 15.6 Å². The highest BCUT2D eigenvalue weighted by atomic mass is 35.5. The summed E-state index contributed by atoms with van der Waals surface area (Å²) in [5.41, 5.74) is 7.27. The minimum atomic E-state index is -0.634.